The van der Waals surface area contributed by atoms with E-state index in [1.807, 2.05) is 11.4 Å². The molecule has 0 fully saturated rings. The predicted molar refractivity (Wildman–Crippen MR) is 89.2 cm³/mol. The van der Waals surface area contributed by atoms with Gasteiger partial charge in [-0.25, -0.2) is 12.8 Å². The zero-order chi connectivity index (χ0) is 15.8. The van der Waals surface area contributed by atoms with E-state index in [1.165, 1.54) is 24.5 Å². The predicted octanol–water partition coefficient (Wildman–Crippen LogP) is 3.82. The van der Waals surface area contributed by atoms with Gasteiger partial charge in [0.25, 0.3) is 0 Å². The van der Waals surface area contributed by atoms with Crippen molar-refractivity contribution in [2.24, 2.45) is 0 Å². The number of nitrogen functional groups attached to an aromatic ring is 1. The molecule has 0 bridgehead atoms. The summed E-state index contributed by atoms with van der Waals surface area (Å²) < 4.78 is 41.0. The van der Waals surface area contributed by atoms with Gasteiger partial charge in [0.05, 0.1) is 4.47 Å². The van der Waals surface area contributed by atoms with Crippen LogP contribution in [0.3, 0.4) is 0 Å². The van der Waals surface area contributed by atoms with Crippen molar-refractivity contribution in [3.8, 4) is 0 Å². The first kappa shape index (κ1) is 16.9. The molecule has 0 unspecified atom stereocenters. The summed E-state index contributed by atoms with van der Waals surface area (Å²) in [7, 11) is -2.56. The van der Waals surface area contributed by atoms with Crippen LogP contribution in [0.25, 0.3) is 0 Å². The summed E-state index contributed by atoms with van der Waals surface area (Å²) in [5, 5.41) is 1.85. The second-order valence-corrected chi connectivity index (χ2v) is 9.09. The van der Waals surface area contributed by atoms with Crippen LogP contribution in [0.2, 0.25) is 0 Å². The summed E-state index contributed by atoms with van der Waals surface area (Å²) in [6.45, 7) is 0.157. The first-order valence-corrected chi connectivity index (χ1v) is 9.56. The maximum atomic E-state index is 14.1. The number of anilines is 1. The number of sulfonamides is 1. The third-order valence-electron chi connectivity index (χ3n) is 2.71. The van der Waals surface area contributed by atoms with Gasteiger partial charge in [0.1, 0.15) is 4.90 Å². The zero-order valence-corrected chi connectivity index (χ0v) is 15.6. The Morgan fingerprint density at radius 2 is 2.00 bits per heavy atom. The minimum Gasteiger partial charge on any atom is -0.399 e. The summed E-state index contributed by atoms with van der Waals surface area (Å²) in [6.07, 6.45) is 0. The van der Waals surface area contributed by atoms with E-state index in [2.05, 4.69) is 31.9 Å². The van der Waals surface area contributed by atoms with Crippen LogP contribution in [0, 0.1) is 5.82 Å². The number of rotatable bonds is 4. The number of nitrogens with zero attached hydrogens (tertiary/aromatic N) is 1. The number of hydrogen-bond acceptors (Lipinski definition) is 4. The Labute approximate surface area is 143 Å². The lowest BCUT2D eigenvalue weighted by Crippen LogP contribution is -2.27. The molecule has 0 radical (unpaired) electrons. The molecule has 21 heavy (non-hydrogen) atoms. The third-order valence-corrected chi connectivity index (χ3v) is 6.77. The van der Waals surface area contributed by atoms with Crippen molar-refractivity contribution in [2.45, 2.75) is 11.4 Å². The van der Waals surface area contributed by atoms with Gasteiger partial charge >= 0.3 is 0 Å². The highest BCUT2D eigenvalue weighted by molar-refractivity contribution is 9.10. The third kappa shape index (κ3) is 3.65. The molecule has 2 rings (SSSR count). The fourth-order valence-electron chi connectivity index (χ4n) is 1.68. The van der Waals surface area contributed by atoms with Gasteiger partial charge < -0.3 is 5.73 Å². The molecule has 0 spiro atoms. The van der Waals surface area contributed by atoms with E-state index in [-0.39, 0.29) is 16.7 Å². The van der Waals surface area contributed by atoms with Gasteiger partial charge in [0.15, 0.2) is 5.82 Å². The van der Waals surface area contributed by atoms with E-state index >= 15 is 0 Å². The molecule has 1 heterocycles. The molecule has 114 valence electrons. The standard InChI is InChI=1S/C12H11Br2FN2O2S2/c1-17(5-9-2-7(13)6-20-9)21(18,19)11-4-8(16)3-10(14)12(11)15/h2-4,6H,5,16H2,1H3. The molecule has 0 amide bonds. The summed E-state index contributed by atoms with van der Waals surface area (Å²) in [4.78, 5) is 0.406. The van der Waals surface area contributed by atoms with E-state index < -0.39 is 20.7 Å². The molecule has 9 heteroatoms. The second kappa shape index (κ2) is 6.33. The van der Waals surface area contributed by atoms with Crippen molar-refractivity contribution in [1.82, 2.24) is 4.31 Å². The molecule has 1 aromatic heterocycles. The van der Waals surface area contributed by atoms with Crippen LogP contribution in [0.1, 0.15) is 4.88 Å². The van der Waals surface area contributed by atoms with Crippen molar-refractivity contribution in [1.29, 1.82) is 0 Å². The topological polar surface area (TPSA) is 63.4 Å². The van der Waals surface area contributed by atoms with Gasteiger partial charge in [-0.3, -0.25) is 0 Å². The van der Waals surface area contributed by atoms with Gasteiger partial charge in [-0.15, -0.1) is 11.3 Å². The molecule has 0 saturated carbocycles. The molecule has 0 aliphatic heterocycles. The van der Waals surface area contributed by atoms with Crippen molar-refractivity contribution in [3.63, 3.8) is 0 Å². The van der Waals surface area contributed by atoms with Crippen molar-refractivity contribution < 1.29 is 12.8 Å². The van der Waals surface area contributed by atoms with E-state index in [0.29, 0.717) is 0 Å². The number of hydrogen-bond donors (Lipinski definition) is 1. The van der Waals surface area contributed by atoms with Gasteiger partial charge in [0.2, 0.25) is 10.0 Å². The molecule has 2 N–H and O–H groups in total. The molecule has 0 aliphatic rings. The van der Waals surface area contributed by atoms with Gasteiger partial charge in [0, 0.05) is 34.0 Å². The summed E-state index contributed by atoms with van der Waals surface area (Å²) in [5.74, 6) is -0.844. The number of halogens is 3. The van der Waals surface area contributed by atoms with E-state index in [0.717, 1.165) is 19.7 Å². The lowest BCUT2D eigenvalue weighted by molar-refractivity contribution is 0.462. The Morgan fingerprint density at radius 3 is 2.57 bits per heavy atom. The Morgan fingerprint density at radius 1 is 1.33 bits per heavy atom. The summed E-state index contributed by atoms with van der Waals surface area (Å²) in [6, 6.07) is 4.27. The Bertz CT molecular complexity index is 778. The van der Waals surface area contributed by atoms with Crippen LogP contribution >= 0.6 is 43.2 Å². The minimum atomic E-state index is -3.96. The lowest BCUT2D eigenvalue weighted by Gasteiger charge is -2.17. The van der Waals surface area contributed by atoms with E-state index in [1.54, 1.807) is 0 Å². The van der Waals surface area contributed by atoms with Crippen LogP contribution < -0.4 is 5.73 Å². The Balaban J connectivity index is 2.37. The van der Waals surface area contributed by atoms with Crippen LogP contribution in [0.15, 0.2) is 37.4 Å². The Hall–Kier alpha value is -0.480. The smallest absolute Gasteiger partial charge is 0.246 e. The highest BCUT2D eigenvalue weighted by Crippen LogP contribution is 2.29. The largest absolute Gasteiger partial charge is 0.399 e. The highest BCUT2D eigenvalue weighted by Gasteiger charge is 2.26. The fourth-order valence-corrected chi connectivity index (χ4v) is 5.14. The summed E-state index contributed by atoms with van der Waals surface area (Å²) in [5.41, 5.74) is 5.77. The maximum absolute atomic E-state index is 14.1. The van der Waals surface area contributed by atoms with Crippen LogP contribution in [-0.4, -0.2) is 19.8 Å². The molecular formula is C12H11Br2FN2O2S2. The van der Waals surface area contributed by atoms with Crippen molar-refractivity contribution in [3.05, 3.63) is 43.2 Å². The number of benzene rings is 1. The molecule has 0 saturated heterocycles. The summed E-state index contributed by atoms with van der Waals surface area (Å²) >= 11 is 7.69. The van der Waals surface area contributed by atoms with Crippen LogP contribution in [-0.2, 0) is 16.6 Å². The minimum absolute atomic E-state index is 0.0216. The SMILES string of the molecule is CN(Cc1cc(Br)cs1)S(=O)(=O)c1cc(N)cc(Br)c1F. The van der Waals surface area contributed by atoms with E-state index in [9.17, 15) is 12.8 Å². The first-order valence-electron chi connectivity index (χ1n) is 5.65. The van der Waals surface area contributed by atoms with Gasteiger partial charge in [-0.2, -0.15) is 4.31 Å². The lowest BCUT2D eigenvalue weighted by atomic mass is 10.3. The molecule has 4 nitrogen and oxygen atoms in total. The van der Waals surface area contributed by atoms with Crippen LogP contribution in [0.5, 0.6) is 0 Å². The average Bonchev–Trinajstić information content (AvgIpc) is 2.79. The van der Waals surface area contributed by atoms with E-state index in [4.69, 9.17) is 5.73 Å². The van der Waals surface area contributed by atoms with Crippen molar-refractivity contribution in [2.75, 3.05) is 12.8 Å². The molecule has 1 aromatic carbocycles. The molecule has 0 atom stereocenters. The number of thiophene rings is 1. The van der Waals surface area contributed by atoms with Crippen LogP contribution in [0.4, 0.5) is 10.1 Å². The highest BCUT2D eigenvalue weighted by atomic mass is 79.9. The second-order valence-electron chi connectivity index (χ2n) is 4.31. The maximum Gasteiger partial charge on any atom is 0.246 e. The van der Waals surface area contributed by atoms with Gasteiger partial charge in [-0.1, -0.05) is 0 Å². The van der Waals surface area contributed by atoms with Gasteiger partial charge in [-0.05, 0) is 50.1 Å². The first-order chi connectivity index (χ1) is 9.71. The van der Waals surface area contributed by atoms with Crippen molar-refractivity contribution >= 4 is 58.9 Å². The average molecular weight is 458 g/mol. The Kier molecular flexibility index (Phi) is 5.09. The molecule has 0 aliphatic carbocycles. The molecule has 2 aromatic rings. The normalized spacial score (nSPS) is 12.0. The quantitative estimate of drug-likeness (QED) is 0.710. The monoisotopic (exact) mass is 456 g/mol. The zero-order valence-electron chi connectivity index (χ0n) is 10.8. The fraction of sp³-hybridized carbons (Fsp3) is 0.167. The number of nitrogens with two attached hydrogens (primary N) is 1. The molecular weight excluding hydrogens is 447 g/mol.